The van der Waals surface area contributed by atoms with Gasteiger partial charge in [-0.1, -0.05) is 6.58 Å². The van der Waals surface area contributed by atoms with Gasteiger partial charge in [0.25, 0.3) is 0 Å². The second kappa shape index (κ2) is 7.37. The van der Waals surface area contributed by atoms with E-state index in [1.807, 2.05) is 0 Å². The van der Waals surface area contributed by atoms with Crippen LogP contribution in [-0.4, -0.2) is 46.9 Å². The number of esters is 1. The molecule has 6 nitrogen and oxygen atoms in total. The molecular weight excluding hydrogens is 232 g/mol. The van der Waals surface area contributed by atoms with E-state index in [4.69, 9.17) is 4.74 Å². The van der Waals surface area contributed by atoms with E-state index < -0.39 is 16.0 Å². The number of carbonyl (C=O) groups is 1. The molecule has 0 aromatic carbocycles. The van der Waals surface area contributed by atoms with Gasteiger partial charge in [-0.05, 0) is 6.92 Å². The van der Waals surface area contributed by atoms with Gasteiger partial charge in [0.05, 0.1) is 6.26 Å². The summed E-state index contributed by atoms with van der Waals surface area (Å²) in [7, 11) is -3.13. The van der Waals surface area contributed by atoms with Crippen LogP contribution in [0.5, 0.6) is 0 Å². The summed E-state index contributed by atoms with van der Waals surface area (Å²) in [5.74, 6) is -0.420. The molecule has 0 aromatic heterocycles. The fourth-order valence-corrected chi connectivity index (χ4v) is 1.26. The van der Waals surface area contributed by atoms with Crippen molar-refractivity contribution < 1.29 is 17.9 Å². The number of nitrogens with one attached hydrogen (secondary N) is 2. The zero-order valence-electron chi connectivity index (χ0n) is 9.58. The molecule has 0 aliphatic heterocycles. The van der Waals surface area contributed by atoms with Crippen LogP contribution in [0, 0.1) is 0 Å². The maximum absolute atomic E-state index is 10.9. The topological polar surface area (TPSA) is 84.5 Å². The third-order valence-electron chi connectivity index (χ3n) is 1.53. The van der Waals surface area contributed by atoms with Crippen molar-refractivity contribution >= 4 is 16.0 Å². The van der Waals surface area contributed by atoms with Crippen LogP contribution in [0.3, 0.4) is 0 Å². The first kappa shape index (κ1) is 15.1. The highest BCUT2D eigenvalue weighted by Gasteiger charge is 2.02. The molecule has 0 unspecified atom stereocenters. The smallest absolute Gasteiger partial charge is 0.333 e. The summed E-state index contributed by atoms with van der Waals surface area (Å²) in [5, 5.41) is 2.92. The minimum Gasteiger partial charge on any atom is -0.461 e. The molecule has 0 amide bonds. The summed E-state index contributed by atoms with van der Waals surface area (Å²) in [5.41, 5.74) is 0.360. The molecule has 0 rings (SSSR count). The third-order valence-corrected chi connectivity index (χ3v) is 2.25. The molecule has 2 N–H and O–H groups in total. The van der Waals surface area contributed by atoms with Crippen LogP contribution in [0.2, 0.25) is 0 Å². The summed E-state index contributed by atoms with van der Waals surface area (Å²) >= 11 is 0. The van der Waals surface area contributed by atoms with Crippen LogP contribution in [0.4, 0.5) is 0 Å². The molecule has 0 aliphatic rings. The highest BCUT2D eigenvalue weighted by molar-refractivity contribution is 7.88. The largest absolute Gasteiger partial charge is 0.461 e. The Kier molecular flexibility index (Phi) is 6.95. The molecular formula is C9H18N2O4S. The van der Waals surface area contributed by atoms with Crippen molar-refractivity contribution in [3.63, 3.8) is 0 Å². The van der Waals surface area contributed by atoms with Gasteiger partial charge in [0.1, 0.15) is 6.61 Å². The lowest BCUT2D eigenvalue weighted by Gasteiger charge is -2.06. The van der Waals surface area contributed by atoms with Gasteiger partial charge in [-0.2, -0.15) is 0 Å². The van der Waals surface area contributed by atoms with Gasteiger partial charge in [0, 0.05) is 25.2 Å². The third kappa shape index (κ3) is 9.63. The van der Waals surface area contributed by atoms with E-state index >= 15 is 0 Å². The van der Waals surface area contributed by atoms with E-state index in [-0.39, 0.29) is 6.61 Å². The monoisotopic (exact) mass is 250 g/mol. The Balaban J connectivity index is 3.35. The lowest BCUT2D eigenvalue weighted by Crippen LogP contribution is -2.32. The average molecular weight is 250 g/mol. The summed E-state index contributed by atoms with van der Waals surface area (Å²) in [6.45, 7) is 6.53. The van der Waals surface area contributed by atoms with Gasteiger partial charge in [-0.25, -0.2) is 17.9 Å². The molecule has 16 heavy (non-hydrogen) atoms. The SMILES string of the molecule is C=C(C)C(=O)OCCNCCNS(C)(=O)=O. The average Bonchev–Trinajstić information content (AvgIpc) is 2.14. The Morgan fingerprint density at radius 1 is 1.31 bits per heavy atom. The van der Waals surface area contributed by atoms with Crippen LogP contribution in [0.1, 0.15) is 6.92 Å². The molecule has 0 radical (unpaired) electrons. The Morgan fingerprint density at radius 2 is 1.94 bits per heavy atom. The van der Waals surface area contributed by atoms with Crippen LogP contribution >= 0.6 is 0 Å². The van der Waals surface area contributed by atoms with Crippen molar-refractivity contribution in [3.05, 3.63) is 12.2 Å². The predicted octanol–water partition coefficient (Wildman–Crippen LogP) is -0.755. The Hall–Kier alpha value is -0.920. The van der Waals surface area contributed by atoms with Gasteiger partial charge in [0.2, 0.25) is 10.0 Å². The maximum atomic E-state index is 10.9. The van der Waals surface area contributed by atoms with Crippen LogP contribution < -0.4 is 10.0 Å². The number of sulfonamides is 1. The summed E-state index contributed by atoms with van der Waals surface area (Å²) in [6, 6.07) is 0. The number of carbonyl (C=O) groups excluding carboxylic acids is 1. The molecule has 0 spiro atoms. The molecule has 0 bridgehead atoms. The Bertz CT molecular complexity index is 337. The van der Waals surface area contributed by atoms with Crippen molar-refractivity contribution in [2.24, 2.45) is 0 Å². The first-order valence-corrected chi connectivity index (χ1v) is 6.70. The molecule has 0 saturated heterocycles. The van der Waals surface area contributed by atoms with Gasteiger partial charge in [-0.15, -0.1) is 0 Å². The lowest BCUT2D eigenvalue weighted by molar-refractivity contribution is -0.138. The number of hydrogen-bond acceptors (Lipinski definition) is 5. The standard InChI is InChI=1S/C9H18N2O4S/c1-8(2)9(12)15-7-6-10-4-5-11-16(3,13)14/h10-11H,1,4-7H2,2-3H3. The van der Waals surface area contributed by atoms with Crippen molar-refractivity contribution in [2.75, 3.05) is 32.5 Å². The van der Waals surface area contributed by atoms with Gasteiger partial charge < -0.3 is 10.1 Å². The zero-order valence-corrected chi connectivity index (χ0v) is 10.4. The van der Waals surface area contributed by atoms with Crippen molar-refractivity contribution in [1.82, 2.24) is 10.0 Å². The van der Waals surface area contributed by atoms with Crippen molar-refractivity contribution in [2.45, 2.75) is 6.92 Å². The summed E-state index contributed by atoms with van der Waals surface area (Å²) < 4.78 is 28.5. The Morgan fingerprint density at radius 3 is 2.44 bits per heavy atom. The quantitative estimate of drug-likeness (QED) is 0.336. The van der Waals surface area contributed by atoms with E-state index in [1.165, 1.54) is 0 Å². The fraction of sp³-hybridized carbons (Fsp3) is 0.667. The van der Waals surface area contributed by atoms with Gasteiger partial charge in [0.15, 0.2) is 0 Å². The fourth-order valence-electron chi connectivity index (χ4n) is 0.789. The predicted molar refractivity (Wildman–Crippen MR) is 61.5 cm³/mol. The number of ether oxygens (including phenoxy) is 1. The molecule has 94 valence electrons. The second-order valence-electron chi connectivity index (χ2n) is 3.33. The first-order chi connectivity index (χ1) is 7.33. The van der Waals surface area contributed by atoms with E-state index in [0.717, 1.165) is 6.26 Å². The van der Waals surface area contributed by atoms with Crippen molar-refractivity contribution in [3.8, 4) is 0 Å². The van der Waals surface area contributed by atoms with E-state index in [0.29, 0.717) is 25.2 Å². The van der Waals surface area contributed by atoms with Gasteiger partial charge in [-0.3, -0.25) is 0 Å². The molecule has 7 heteroatoms. The number of rotatable bonds is 8. The summed E-state index contributed by atoms with van der Waals surface area (Å²) in [6.07, 6.45) is 1.10. The summed E-state index contributed by atoms with van der Waals surface area (Å²) in [4.78, 5) is 10.9. The first-order valence-electron chi connectivity index (χ1n) is 4.81. The second-order valence-corrected chi connectivity index (χ2v) is 5.17. The van der Waals surface area contributed by atoms with Crippen molar-refractivity contribution in [1.29, 1.82) is 0 Å². The number of hydrogen-bond donors (Lipinski definition) is 2. The van der Waals surface area contributed by atoms with Gasteiger partial charge >= 0.3 is 5.97 Å². The normalized spacial score (nSPS) is 11.1. The molecule has 0 aliphatic carbocycles. The molecule has 0 fully saturated rings. The minimum atomic E-state index is -3.13. The highest BCUT2D eigenvalue weighted by atomic mass is 32.2. The van der Waals surface area contributed by atoms with E-state index in [9.17, 15) is 13.2 Å². The van der Waals surface area contributed by atoms with E-state index in [1.54, 1.807) is 6.92 Å². The van der Waals surface area contributed by atoms with Crippen LogP contribution in [-0.2, 0) is 19.6 Å². The zero-order chi connectivity index (χ0) is 12.6. The molecule has 0 atom stereocenters. The Labute approximate surface area is 96.1 Å². The van der Waals surface area contributed by atoms with Crippen LogP contribution in [0.25, 0.3) is 0 Å². The molecule has 0 aromatic rings. The van der Waals surface area contributed by atoms with Crippen LogP contribution in [0.15, 0.2) is 12.2 Å². The van der Waals surface area contributed by atoms with E-state index in [2.05, 4.69) is 16.6 Å². The minimum absolute atomic E-state index is 0.241. The molecule has 0 saturated carbocycles. The molecule has 0 heterocycles. The maximum Gasteiger partial charge on any atom is 0.333 e. The highest BCUT2D eigenvalue weighted by Crippen LogP contribution is 1.90. The lowest BCUT2D eigenvalue weighted by atomic mass is 10.4.